The van der Waals surface area contributed by atoms with Crippen LogP contribution in [0, 0.1) is 0 Å². The number of carbonyl (C=O) groups is 3. The molecule has 1 aromatic carbocycles. The van der Waals surface area contributed by atoms with Crippen molar-refractivity contribution in [2.24, 2.45) is 0 Å². The third kappa shape index (κ3) is 6.16. The highest BCUT2D eigenvalue weighted by Crippen LogP contribution is 2.12. The number of carbonyl (C=O) groups excluding carboxylic acids is 3. The molecule has 10 nitrogen and oxygen atoms in total. The van der Waals surface area contributed by atoms with Crippen molar-refractivity contribution in [1.29, 1.82) is 0 Å². The van der Waals surface area contributed by atoms with Crippen LogP contribution in [0.4, 0.5) is 5.69 Å². The first-order valence-corrected chi connectivity index (χ1v) is 8.91. The van der Waals surface area contributed by atoms with Crippen LogP contribution in [-0.4, -0.2) is 40.1 Å². The Hall–Kier alpha value is -3.69. The van der Waals surface area contributed by atoms with E-state index in [-0.39, 0.29) is 13.0 Å². The van der Waals surface area contributed by atoms with Crippen LogP contribution in [0.25, 0.3) is 0 Å². The number of nitrogens with zero attached hydrogens (tertiary/aromatic N) is 1. The first-order valence-electron chi connectivity index (χ1n) is 8.91. The van der Waals surface area contributed by atoms with Crippen LogP contribution in [-0.2, 0) is 25.6 Å². The molecule has 0 saturated carbocycles. The van der Waals surface area contributed by atoms with Crippen LogP contribution in [0.3, 0.4) is 0 Å². The minimum Gasteiger partial charge on any atom is -0.462 e. The Morgan fingerprint density at radius 1 is 1.10 bits per heavy atom. The van der Waals surface area contributed by atoms with E-state index < -0.39 is 41.7 Å². The zero-order valence-corrected chi connectivity index (χ0v) is 16.0. The summed E-state index contributed by atoms with van der Waals surface area (Å²) in [5.74, 6) is -1.83. The lowest BCUT2D eigenvalue weighted by Crippen LogP contribution is -2.36. The van der Waals surface area contributed by atoms with E-state index in [1.54, 1.807) is 13.8 Å². The molecule has 0 fully saturated rings. The fourth-order valence-corrected chi connectivity index (χ4v) is 2.35. The summed E-state index contributed by atoms with van der Waals surface area (Å²) in [7, 11) is 0. The number of hydrogen-bond acceptors (Lipinski definition) is 7. The summed E-state index contributed by atoms with van der Waals surface area (Å²) in [6.45, 7) is 3.17. The van der Waals surface area contributed by atoms with Crippen molar-refractivity contribution in [2.45, 2.75) is 32.9 Å². The minimum absolute atomic E-state index is 0.207. The molecule has 2 N–H and O–H groups in total. The van der Waals surface area contributed by atoms with Gasteiger partial charge in [0.1, 0.15) is 6.54 Å². The second kappa shape index (κ2) is 10.0. The predicted octanol–water partition coefficient (Wildman–Crippen LogP) is 0.674. The number of benzene rings is 1. The van der Waals surface area contributed by atoms with Crippen LogP contribution in [0.5, 0.6) is 0 Å². The van der Waals surface area contributed by atoms with E-state index in [2.05, 4.69) is 5.32 Å². The molecular weight excluding hydrogens is 382 g/mol. The molecule has 29 heavy (non-hydrogen) atoms. The summed E-state index contributed by atoms with van der Waals surface area (Å²) in [5, 5.41) is 2.59. The second-order valence-corrected chi connectivity index (χ2v) is 5.91. The van der Waals surface area contributed by atoms with Crippen molar-refractivity contribution in [1.82, 2.24) is 9.55 Å². The lowest BCUT2D eigenvalue weighted by atomic mass is 10.2. The average molecular weight is 403 g/mol. The standard InChI is InChI=1S/C19H21N3O7/c1-3-14(29-16(24)11-22-10-9-15(23)21-19(22)27)17(25)20-13-7-5-12(6-8-13)18(26)28-4-2/h5-10,14H,3-4,11H2,1-2H3,(H,20,25)(H,21,23,27). The van der Waals surface area contributed by atoms with Crippen LogP contribution >= 0.6 is 0 Å². The van der Waals surface area contributed by atoms with E-state index in [1.165, 1.54) is 24.3 Å². The molecule has 1 atom stereocenters. The van der Waals surface area contributed by atoms with Crippen molar-refractivity contribution in [2.75, 3.05) is 11.9 Å². The van der Waals surface area contributed by atoms with E-state index in [0.717, 1.165) is 16.8 Å². The normalized spacial score (nSPS) is 11.4. The summed E-state index contributed by atoms with van der Waals surface area (Å²) < 4.78 is 11.0. The summed E-state index contributed by atoms with van der Waals surface area (Å²) >= 11 is 0. The van der Waals surface area contributed by atoms with Gasteiger partial charge in [-0.25, -0.2) is 9.59 Å². The van der Waals surface area contributed by atoms with Gasteiger partial charge in [-0.15, -0.1) is 0 Å². The number of anilines is 1. The first kappa shape index (κ1) is 21.6. The van der Waals surface area contributed by atoms with Crippen molar-refractivity contribution in [3.63, 3.8) is 0 Å². The van der Waals surface area contributed by atoms with Crippen LogP contribution in [0.1, 0.15) is 30.6 Å². The molecule has 2 rings (SSSR count). The van der Waals surface area contributed by atoms with Gasteiger partial charge >= 0.3 is 17.6 Å². The Morgan fingerprint density at radius 3 is 2.38 bits per heavy atom. The zero-order chi connectivity index (χ0) is 21.4. The Bertz CT molecular complexity index is 992. The van der Waals surface area contributed by atoms with E-state index >= 15 is 0 Å². The SMILES string of the molecule is CCOC(=O)c1ccc(NC(=O)C(CC)OC(=O)Cn2ccc(=O)[nH]c2=O)cc1. The van der Waals surface area contributed by atoms with Crippen molar-refractivity contribution in [3.05, 3.63) is 62.9 Å². The number of esters is 2. The van der Waals surface area contributed by atoms with Gasteiger partial charge < -0.3 is 14.8 Å². The molecular formula is C19H21N3O7. The third-order valence-corrected chi connectivity index (χ3v) is 3.80. The summed E-state index contributed by atoms with van der Waals surface area (Å²) in [6.07, 6.45) is 0.291. The largest absolute Gasteiger partial charge is 0.462 e. The highest BCUT2D eigenvalue weighted by Gasteiger charge is 2.22. The minimum atomic E-state index is -1.08. The van der Waals surface area contributed by atoms with Gasteiger partial charge in [-0.1, -0.05) is 6.92 Å². The number of aromatic amines is 1. The Morgan fingerprint density at radius 2 is 1.79 bits per heavy atom. The average Bonchev–Trinajstić information content (AvgIpc) is 2.69. The molecule has 0 aliphatic carbocycles. The molecule has 0 saturated heterocycles. The topological polar surface area (TPSA) is 137 Å². The van der Waals surface area contributed by atoms with E-state index in [0.29, 0.717) is 11.3 Å². The number of aromatic nitrogens is 2. The number of H-pyrrole nitrogens is 1. The molecule has 2 aromatic rings. The molecule has 0 radical (unpaired) electrons. The number of rotatable bonds is 8. The van der Waals surface area contributed by atoms with Crippen LogP contribution in [0.2, 0.25) is 0 Å². The molecule has 0 spiro atoms. The van der Waals surface area contributed by atoms with Crippen LogP contribution < -0.4 is 16.6 Å². The van der Waals surface area contributed by atoms with Gasteiger partial charge in [0.05, 0.1) is 12.2 Å². The number of amides is 1. The smallest absolute Gasteiger partial charge is 0.338 e. The highest BCUT2D eigenvalue weighted by atomic mass is 16.5. The van der Waals surface area contributed by atoms with Crippen molar-refractivity contribution in [3.8, 4) is 0 Å². The second-order valence-electron chi connectivity index (χ2n) is 5.91. The molecule has 10 heteroatoms. The quantitative estimate of drug-likeness (QED) is 0.618. The molecule has 154 valence electrons. The maximum atomic E-state index is 12.4. The Labute approximate surface area is 165 Å². The Balaban J connectivity index is 1.97. The van der Waals surface area contributed by atoms with Crippen LogP contribution in [0.15, 0.2) is 46.1 Å². The third-order valence-electron chi connectivity index (χ3n) is 3.80. The first-order chi connectivity index (χ1) is 13.8. The number of hydrogen-bond donors (Lipinski definition) is 2. The highest BCUT2D eigenvalue weighted by molar-refractivity contribution is 5.96. The van der Waals surface area contributed by atoms with Gasteiger partial charge in [0, 0.05) is 18.0 Å². The van der Waals surface area contributed by atoms with E-state index in [9.17, 15) is 24.0 Å². The zero-order valence-electron chi connectivity index (χ0n) is 16.0. The molecule has 1 aromatic heterocycles. The maximum Gasteiger partial charge on any atom is 0.338 e. The fourth-order valence-electron chi connectivity index (χ4n) is 2.35. The summed E-state index contributed by atoms with van der Waals surface area (Å²) in [4.78, 5) is 60.7. The number of nitrogens with one attached hydrogen (secondary N) is 2. The number of ether oxygens (including phenoxy) is 2. The summed E-state index contributed by atoms with van der Waals surface area (Å²) in [6, 6.07) is 7.15. The van der Waals surface area contributed by atoms with Crippen molar-refractivity contribution >= 4 is 23.5 Å². The molecule has 0 aliphatic rings. The fraction of sp³-hybridized carbons (Fsp3) is 0.316. The predicted molar refractivity (Wildman–Crippen MR) is 103 cm³/mol. The monoisotopic (exact) mass is 403 g/mol. The lowest BCUT2D eigenvalue weighted by molar-refractivity contribution is -0.155. The summed E-state index contributed by atoms with van der Waals surface area (Å²) in [5.41, 5.74) is -0.586. The van der Waals surface area contributed by atoms with Crippen molar-refractivity contribution < 1.29 is 23.9 Å². The van der Waals surface area contributed by atoms with E-state index in [1.807, 2.05) is 4.98 Å². The van der Waals surface area contributed by atoms with Gasteiger partial charge in [0.25, 0.3) is 11.5 Å². The van der Waals surface area contributed by atoms with Gasteiger partial charge in [0.15, 0.2) is 6.10 Å². The van der Waals surface area contributed by atoms with Gasteiger partial charge in [-0.3, -0.25) is 23.9 Å². The Kier molecular flexibility index (Phi) is 7.47. The van der Waals surface area contributed by atoms with E-state index in [4.69, 9.17) is 9.47 Å². The molecule has 0 bridgehead atoms. The molecule has 1 heterocycles. The molecule has 1 unspecified atom stereocenters. The lowest BCUT2D eigenvalue weighted by Gasteiger charge is -2.16. The van der Waals surface area contributed by atoms with Gasteiger partial charge in [0.2, 0.25) is 0 Å². The molecule has 0 aliphatic heterocycles. The molecule has 1 amide bonds. The maximum absolute atomic E-state index is 12.4. The van der Waals surface area contributed by atoms with Gasteiger partial charge in [-0.2, -0.15) is 0 Å². The van der Waals surface area contributed by atoms with Gasteiger partial charge in [-0.05, 0) is 37.6 Å².